The number of quaternary nitrogens is 1. The second kappa shape index (κ2) is 8.55. The van der Waals surface area contributed by atoms with Crippen molar-refractivity contribution in [2.24, 2.45) is 17.8 Å². The Morgan fingerprint density at radius 2 is 1.85 bits per heavy atom. The summed E-state index contributed by atoms with van der Waals surface area (Å²) in [6, 6.07) is 0. The molecule has 2 rings (SSSR count). The van der Waals surface area contributed by atoms with Crippen LogP contribution in [0.3, 0.4) is 0 Å². The molecule has 0 bridgehead atoms. The van der Waals surface area contributed by atoms with E-state index in [1.165, 1.54) is 5.57 Å². The average molecular weight is 365 g/mol. The van der Waals surface area contributed by atoms with Gasteiger partial charge in [-0.1, -0.05) is 25.5 Å². The summed E-state index contributed by atoms with van der Waals surface area (Å²) in [5.74, 6) is 2.06. The van der Waals surface area contributed by atoms with Gasteiger partial charge in [0, 0.05) is 20.4 Å². The van der Waals surface area contributed by atoms with E-state index in [4.69, 9.17) is 0 Å². The number of rotatable bonds is 5. The van der Waals surface area contributed by atoms with Crippen LogP contribution in [0, 0.1) is 17.8 Å². The maximum Gasteiger partial charge on any atom is 0.219 e. The van der Waals surface area contributed by atoms with Crippen LogP contribution in [-0.4, -0.2) is 79.0 Å². The highest BCUT2D eigenvalue weighted by atomic mass is 16.2. The molecule has 2 amide bonds. The van der Waals surface area contributed by atoms with E-state index in [0.29, 0.717) is 17.8 Å². The summed E-state index contributed by atoms with van der Waals surface area (Å²) in [7, 11) is 2.26. The monoisotopic (exact) mass is 364 g/mol. The van der Waals surface area contributed by atoms with Gasteiger partial charge in [0.1, 0.15) is 0 Å². The van der Waals surface area contributed by atoms with E-state index in [-0.39, 0.29) is 11.8 Å². The summed E-state index contributed by atoms with van der Waals surface area (Å²) in [6.45, 7) is 16.4. The lowest BCUT2D eigenvalue weighted by Gasteiger charge is -2.43. The average Bonchev–Trinajstić information content (AvgIpc) is 2.53. The van der Waals surface area contributed by atoms with Crippen molar-refractivity contribution in [1.29, 1.82) is 0 Å². The number of hydrogen-bond acceptors (Lipinski definition) is 2. The van der Waals surface area contributed by atoms with Crippen LogP contribution in [0.2, 0.25) is 0 Å². The fourth-order valence-electron chi connectivity index (χ4n) is 4.64. The minimum atomic E-state index is 0.172. The van der Waals surface area contributed by atoms with Crippen molar-refractivity contribution < 1.29 is 14.1 Å². The molecule has 0 aromatic carbocycles. The van der Waals surface area contributed by atoms with Crippen molar-refractivity contribution in [3.8, 4) is 0 Å². The van der Waals surface area contributed by atoms with E-state index in [1.54, 1.807) is 13.8 Å². The Morgan fingerprint density at radius 1 is 1.23 bits per heavy atom. The first-order chi connectivity index (χ1) is 12.1. The fourth-order valence-corrected chi connectivity index (χ4v) is 4.64. The molecule has 148 valence electrons. The molecule has 0 saturated carbocycles. The number of likely N-dealkylation sites (N-methyl/N-ethyl adjacent to an activating group) is 1. The fraction of sp³-hybridized carbons (Fsp3) is 0.810. The molecule has 1 aliphatic carbocycles. The van der Waals surface area contributed by atoms with E-state index >= 15 is 0 Å². The molecule has 5 nitrogen and oxygen atoms in total. The first kappa shape index (κ1) is 20.9. The van der Waals surface area contributed by atoms with Crippen molar-refractivity contribution in [1.82, 2.24) is 9.80 Å². The molecule has 0 spiro atoms. The summed E-state index contributed by atoms with van der Waals surface area (Å²) < 4.78 is 0.947. The predicted molar refractivity (Wildman–Crippen MR) is 105 cm³/mol. The first-order valence-corrected chi connectivity index (χ1v) is 10.1. The van der Waals surface area contributed by atoms with Crippen molar-refractivity contribution in [2.75, 3.05) is 52.9 Å². The van der Waals surface area contributed by atoms with Crippen molar-refractivity contribution in [2.45, 2.75) is 41.0 Å². The van der Waals surface area contributed by atoms with Gasteiger partial charge < -0.3 is 14.3 Å². The second-order valence-corrected chi connectivity index (χ2v) is 8.98. The van der Waals surface area contributed by atoms with E-state index in [2.05, 4.69) is 38.8 Å². The minimum absolute atomic E-state index is 0.172. The van der Waals surface area contributed by atoms with Gasteiger partial charge in [-0.2, -0.15) is 0 Å². The van der Waals surface area contributed by atoms with Gasteiger partial charge in [0.05, 0.1) is 46.3 Å². The highest BCUT2D eigenvalue weighted by molar-refractivity contribution is 5.73. The van der Waals surface area contributed by atoms with Gasteiger partial charge in [-0.25, -0.2) is 0 Å². The summed E-state index contributed by atoms with van der Waals surface area (Å²) in [5, 5.41) is 0. The molecule has 0 aromatic rings. The van der Waals surface area contributed by atoms with Crippen LogP contribution in [0.1, 0.15) is 41.0 Å². The number of piperazine rings is 1. The molecule has 1 heterocycles. The number of carbonyl (C=O) groups is 2. The van der Waals surface area contributed by atoms with Gasteiger partial charge in [-0.05, 0) is 31.1 Å². The summed E-state index contributed by atoms with van der Waals surface area (Å²) in [4.78, 5) is 27.8. The van der Waals surface area contributed by atoms with Crippen LogP contribution < -0.4 is 0 Å². The van der Waals surface area contributed by atoms with Crippen LogP contribution in [0.5, 0.6) is 0 Å². The highest BCUT2D eigenvalue weighted by Gasteiger charge is 2.32. The van der Waals surface area contributed by atoms with Crippen LogP contribution >= 0.6 is 0 Å². The Labute approximate surface area is 159 Å². The Hall–Kier alpha value is -1.36. The third kappa shape index (κ3) is 5.32. The van der Waals surface area contributed by atoms with Gasteiger partial charge in [0.15, 0.2) is 0 Å². The molecule has 0 radical (unpaired) electrons. The number of nitrogens with zero attached hydrogens (tertiary/aromatic N) is 3. The quantitative estimate of drug-likeness (QED) is 0.555. The predicted octanol–water partition coefficient (Wildman–Crippen LogP) is 2.38. The molecule has 1 saturated heterocycles. The van der Waals surface area contributed by atoms with Crippen LogP contribution in [-0.2, 0) is 9.59 Å². The van der Waals surface area contributed by atoms with Gasteiger partial charge in [0.2, 0.25) is 11.8 Å². The van der Waals surface area contributed by atoms with Gasteiger partial charge >= 0.3 is 0 Å². The number of hydrogen-bond donors (Lipinski definition) is 0. The zero-order chi connectivity index (χ0) is 19.5. The molecule has 1 aliphatic heterocycles. The third-order valence-electron chi connectivity index (χ3n) is 6.65. The molecule has 3 atom stereocenters. The number of amides is 2. The molecule has 26 heavy (non-hydrogen) atoms. The summed E-state index contributed by atoms with van der Waals surface area (Å²) in [5.41, 5.74) is 1.48. The maximum atomic E-state index is 12.3. The molecular formula is C21H38N3O2+. The standard InChI is InChI=1S/C21H38N3O2/c1-16-13-17(2)21(18(3)14-16)15-23(20(5)26)9-12-24(6)10-7-22(8-11-24)19(4)25/h13,17-18,21H,7-12,14-15H2,1-6H3/q+1/t17-,18-,21-/m1/s1. The molecule has 0 unspecified atom stereocenters. The minimum Gasteiger partial charge on any atom is -0.337 e. The molecule has 0 N–H and O–H groups in total. The van der Waals surface area contributed by atoms with Crippen LogP contribution in [0.25, 0.3) is 0 Å². The molecule has 2 aliphatic rings. The van der Waals surface area contributed by atoms with Gasteiger partial charge in [-0.3, -0.25) is 9.59 Å². The molecule has 0 aromatic heterocycles. The number of carbonyl (C=O) groups excluding carboxylic acids is 2. The van der Waals surface area contributed by atoms with Gasteiger partial charge in [-0.15, -0.1) is 0 Å². The Balaban J connectivity index is 1.93. The zero-order valence-electron chi connectivity index (χ0n) is 17.6. The first-order valence-electron chi connectivity index (χ1n) is 10.1. The largest absolute Gasteiger partial charge is 0.337 e. The van der Waals surface area contributed by atoms with Crippen LogP contribution in [0.15, 0.2) is 11.6 Å². The van der Waals surface area contributed by atoms with Crippen molar-refractivity contribution in [3.63, 3.8) is 0 Å². The van der Waals surface area contributed by atoms with Gasteiger partial charge in [0.25, 0.3) is 0 Å². The smallest absolute Gasteiger partial charge is 0.219 e. The lowest BCUT2D eigenvalue weighted by atomic mass is 9.75. The van der Waals surface area contributed by atoms with Crippen molar-refractivity contribution >= 4 is 11.8 Å². The summed E-state index contributed by atoms with van der Waals surface area (Å²) in [6.07, 6.45) is 3.53. The molecular weight excluding hydrogens is 326 g/mol. The van der Waals surface area contributed by atoms with E-state index in [0.717, 1.165) is 56.7 Å². The van der Waals surface area contributed by atoms with E-state index < -0.39 is 0 Å². The molecule has 5 heteroatoms. The Morgan fingerprint density at radius 3 is 2.35 bits per heavy atom. The maximum absolute atomic E-state index is 12.3. The Kier molecular flexibility index (Phi) is 6.89. The third-order valence-corrected chi connectivity index (χ3v) is 6.65. The number of allylic oxidation sites excluding steroid dienone is 2. The normalized spacial score (nSPS) is 28.5. The highest BCUT2D eigenvalue weighted by Crippen LogP contribution is 2.34. The SMILES string of the molecule is CC(=O)N1CC[N+](C)(CCN(C[C@@H]2[C@H](C)C=C(C)C[C@H]2C)C(C)=O)CC1. The van der Waals surface area contributed by atoms with Crippen LogP contribution in [0.4, 0.5) is 0 Å². The summed E-state index contributed by atoms with van der Waals surface area (Å²) >= 11 is 0. The lowest BCUT2D eigenvalue weighted by Crippen LogP contribution is -2.60. The molecule has 1 fully saturated rings. The topological polar surface area (TPSA) is 40.6 Å². The zero-order valence-corrected chi connectivity index (χ0v) is 17.6. The van der Waals surface area contributed by atoms with E-state index in [1.807, 2.05) is 4.90 Å². The lowest BCUT2D eigenvalue weighted by molar-refractivity contribution is -0.912. The Bertz CT molecular complexity index is 549. The van der Waals surface area contributed by atoms with Crippen molar-refractivity contribution in [3.05, 3.63) is 11.6 Å². The second-order valence-electron chi connectivity index (χ2n) is 8.98. The van der Waals surface area contributed by atoms with E-state index in [9.17, 15) is 9.59 Å².